The first-order valence-corrected chi connectivity index (χ1v) is 7.08. The number of aromatic nitrogens is 1. The molecule has 1 aromatic heterocycles. The molecule has 2 N–H and O–H groups in total. The number of aryl methyl sites for hydroxylation is 1. The molecule has 0 aromatic carbocycles. The molecule has 18 heavy (non-hydrogen) atoms. The Morgan fingerprint density at radius 2 is 1.89 bits per heavy atom. The molecular weight excluding hydrogens is 222 g/mol. The highest BCUT2D eigenvalue weighted by molar-refractivity contribution is 5.43. The Kier molecular flexibility index (Phi) is 6.13. The van der Waals surface area contributed by atoms with Crippen molar-refractivity contribution in [3.05, 3.63) is 23.4 Å². The monoisotopic (exact) mass is 249 g/mol. The molecule has 0 saturated heterocycles. The maximum atomic E-state index is 5.78. The Balaban J connectivity index is 3.02. The Hall–Kier alpha value is -1.09. The zero-order valence-electron chi connectivity index (χ0n) is 12.2. The van der Waals surface area contributed by atoms with Crippen LogP contribution in [0.15, 0.2) is 12.1 Å². The molecule has 0 atom stereocenters. The Labute approximate surface area is 111 Å². The second kappa shape index (κ2) is 7.37. The van der Waals surface area contributed by atoms with E-state index in [0.29, 0.717) is 12.6 Å². The van der Waals surface area contributed by atoms with Crippen LogP contribution >= 0.6 is 0 Å². The number of hydrogen-bond donors (Lipinski definition) is 1. The van der Waals surface area contributed by atoms with E-state index in [9.17, 15) is 0 Å². The lowest BCUT2D eigenvalue weighted by Crippen LogP contribution is -2.31. The van der Waals surface area contributed by atoms with Crippen LogP contribution in [0.2, 0.25) is 0 Å². The van der Waals surface area contributed by atoms with Gasteiger partial charge in [-0.1, -0.05) is 27.2 Å². The van der Waals surface area contributed by atoms with E-state index >= 15 is 0 Å². The summed E-state index contributed by atoms with van der Waals surface area (Å²) in [4.78, 5) is 7.05. The SMILES string of the molecule is CCCc1cc(CN)cc(N(C)C(CC)CC)n1. The van der Waals surface area contributed by atoms with Crippen LogP contribution in [0.1, 0.15) is 51.3 Å². The fraction of sp³-hybridized carbons (Fsp3) is 0.667. The average molecular weight is 249 g/mol. The van der Waals surface area contributed by atoms with Gasteiger partial charge in [-0.05, 0) is 37.0 Å². The van der Waals surface area contributed by atoms with E-state index in [1.165, 1.54) is 5.56 Å². The van der Waals surface area contributed by atoms with Crippen LogP contribution in [-0.2, 0) is 13.0 Å². The molecule has 0 saturated carbocycles. The molecule has 0 aliphatic rings. The molecule has 0 fully saturated rings. The molecule has 3 nitrogen and oxygen atoms in total. The van der Waals surface area contributed by atoms with E-state index in [-0.39, 0.29) is 0 Å². The van der Waals surface area contributed by atoms with Crippen LogP contribution in [-0.4, -0.2) is 18.1 Å². The van der Waals surface area contributed by atoms with Crippen molar-refractivity contribution in [3.63, 3.8) is 0 Å². The van der Waals surface area contributed by atoms with Crippen molar-refractivity contribution in [1.82, 2.24) is 4.98 Å². The summed E-state index contributed by atoms with van der Waals surface area (Å²) >= 11 is 0. The average Bonchev–Trinajstić information content (AvgIpc) is 2.40. The van der Waals surface area contributed by atoms with Crippen molar-refractivity contribution in [1.29, 1.82) is 0 Å². The molecule has 3 heteroatoms. The van der Waals surface area contributed by atoms with Crippen molar-refractivity contribution in [2.45, 2.75) is 59.0 Å². The Morgan fingerprint density at radius 1 is 1.22 bits per heavy atom. The number of hydrogen-bond acceptors (Lipinski definition) is 3. The number of pyridine rings is 1. The molecule has 0 aliphatic heterocycles. The van der Waals surface area contributed by atoms with E-state index in [0.717, 1.165) is 37.2 Å². The van der Waals surface area contributed by atoms with Gasteiger partial charge in [-0.2, -0.15) is 0 Å². The molecule has 0 radical (unpaired) electrons. The first-order valence-electron chi connectivity index (χ1n) is 7.08. The van der Waals surface area contributed by atoms with Gasteiger partial charge in [-0.3, -0.25) is 0 Å². The van der Waals surface area contributed by atoms with E-state index in [1.54, 1.807) is 0 Å². The van der Waals surface area contributed by atoms with Gasteiger partial charge < -0.3 is 10.6 Å². The van der Waals surface area contributed by atoms with Crippen LogP contribution in [0.4, 0.5) is 5.82 Å². The highest BCUT2D eigenvalue weighted by Crippen LogP contribution is 2.19. The highest BCUT2D eigenvalue weighted by atomic mass is 15.2. The van der Waals surface area contributed by atoms with Gasteiger partial charge in [0.15, 0.2) is 0 Å². The second-order valence-electron chi connectivity index (χ2n) is 4.86. The lowest BCUT2D eigenvalue weighted by atomic mass is 10.1. The molecule has 102 valence electrons. The molecule has 0 aliphatic carbocycles. The smallest absolute Gasteiger partial charge is 0.129 e. The minimum Gasteiger partial charge on any atom is -0.357 e. The third-order valence-electron chi connectivity index (χ3n) is 3.52. The third-order valence-corrected chi connectivity index (χ3v) is 3.52. The van der Waals surface area contributed by atoms with Gasteiger partial charge in [-0.15, -0.1) is 0 Å². The van der Waals surface area contributed by atoms with Gasteiger partial charge in [0, 0.05) is 25.3 Å². The highest BCUT2D eigenvalue weighted by Gasteiger charge is 2.13. The summed E-state index contributed by atoms with van der Waals surface area (Å²) in [6, 6.07) is 4.81. The molecule has 0 unspecified atom stereocenters. The van der Waals surface area contributed by atoms with Crippen molar-refractivity contribution in [2.24, 2.45) is 5.73 Å². The lowest BCUT2D eigenvalue weighted by Gasteiger charge is -2.28. The molecule has 0 bridgehead atoms. The summed E-state index contributed by atoms with van der Waals surface area (Å²) in [5.41, 5.74) is 8.12. The molecule has 0 spiro atoms. The predicted molar refractivity (Wildman–Crippen MR) is 78.9 cm³/mol. The van der Waals surface area contributed by atoms with Crippen LogP contribution < -0.4 is 10.6 Å². The second-order valence-corrected chi connectivity index (χ2v) is 4.86. The number of nitrogens with two attached hydrogens (primary N) is 1. The summed E-state index contributed by atoms with van der Waals surface area (Å²) in [6.07, 6.45) is 4.43. The van der Waals surface area contributed by atoms with Gasteiger partial charge >= 0.3 is 0 Å². The van der Waals surface area contributed by atoms with Gasteiger partial charge in [0.05, 0.1) is 0 Å². The largest absolute Gasteiger partial charge is 0.357 e. The van der Waals surface area contributed by atoms with Crippen molar-refractivity contribution >= 4 is 5.82 Å². The zero-order valence-corrected chi connectivity index (χ0v) is 12.2. The normalized spacial score (nSPS) is 11.0. The fourth-order valence-corrected chi connectivity index (χ4v) is 2.34. The summed E-state index contributed by atoms with van der Waals surface area (Å²) in [6.45, 7) is 7.22. The molecule has 1 heterocycles. The van der Waals surface area contributed by atoms with Crippen LogP contribution in [0.25, 0.3) is 0 Å². The number of anilines is 1. The van der Waals surface area contributed by atoms with Crippen molar-refractivity contribution < 1.29 is 0 Å². The van der Waals surface area contributed by atoms with Crippen LogP contribution in [0, 0.1) is 0 Å². The maximum Gasteiger partial charge on any atom is 0.129 e. The van der Waals surface area contributed by atoms with E-state index in [2.05, 4.69) is 44.9 Å². The minimum absolute atomic E-state index is 0.556. The molecule has 1 aromatic rings. The lowest BCUT2D eigenvalue weighted by molar-refractivity contribution is 0.585. The van der Waals surface area contributed by atoms with Crippen LogP contribution in [0.5, 0.6) is 0 Å². The van der Waals surface area contributed by atoms with Gasteiger partial charge in [0.1, 0.15) is 5.82 Å². The Morgan fingerprint density at radius 3 is 2.39 bits per heavy atom. The van der Waals surface area contributed by atoms with Crippen molar-refractivity contribution in [2.75, 3.05) is 11.9 Å². The zero-order chi connectivity index (χ0) is 13.5. The minimum atomic E-state index is 0.556. The molecular formula is C15H27N3. The van der Waals surface area contributed by atoms with E-state index in [4.69, 9.17) is 10.7 Å². The van der Waals surface area contributed by atoms with Gasteiger partial charge in [0.25, 0.3) is 0 Å². The predicted octanol–water partition coefficient (Wildman–Crippen LogP) is 3.12. The van der Waals surface area contributed by atoms with E-state index in [1.807, 2.05) is 0 Å². The van der Waals surface area contributed by atoms with Gasteiger partial charge in [-0.25, -0.2) is 4.98 Å². The molecule has 0 amide bonds. The number of nitrogens with zero attached hydrogens (tertiary/aromatic N) is 2. The topological polar surface area (TPSA) is 42.1 Å². The summed E-state index contributed by atoms with van der Waals surface area (Å²) in [5.74, 6) is 1.06. The number of rotatable bonds is 7. The van der Waals surface area contributed by atoms with Crippen molar-refractivity contribution in [3.8, 4) is 0 Å². The van der Waals surface area contributed by atoms with Crippen LogP contribution in [0.3, 0.4) is 0 Å². The fourth-order valence-electron chi connectivity index (χ4n) is 2.34. The summed E-state index contributed by atoms with van der Waals surface area (Å²) in [5, 5.41) is 0. The first kappa shape index (κ1) is 15.0. The van der Waals surface area contributed by atoms with Gasteiger partial charge in [0.2, 0.25) is 0 Å². The standard InChI is InChI=1S/C15H27N3/c1-5-8-13-9-12(11-16)10-15(17-13)18(4)14(6-2)7-3/h9-10,14H,5-8,11,16H2,1-4H3. The third kappa shape index (κ3) is 3.70. The Bertz CT molecular complexity index is 359. The summed E-state index contributed by atoms with van der Waals surface area (Å²) in [7, 11) is 2.13. The quantitative estimate of drug-likeness (QED) is 0.807. The van der Waals surface area contributed by atoms with E-state index < -0.39 is 0 Å². The maximum absolute atomic E-state index is 5.78. The molecule has 1 rings (SSSR count). The summed E-state index contributed by atoms with van der Waals surface area (Å²) < 4.78 is 0. The first-order chi connectivity index (χ1) is 8.65.